The Morgan fingerprint density at radius 1 is 1.38 bits per heavy atom. The lowest BCUT2D eigenvalue weighted by atomic mass is 10.0. The molecule has 0 N–H and O–H groups in total. The van der Waals surface area contributed by atoms with Crippen molar-refractivity contribution in [2.45, 2.75) is 40.2 Å². The summed E-state index contributed by atoms with van der Waals surface area (Å²) in [5.41, 5.74) is 2.37. The fraction of sp³-hybridized carbons (Fsp3) is 0.375. The van der Waals surface area contributed by atoms with Gasteiger partial charge in [-0.2, -0.15) is 5.10 Å². The first-order valence-electron chi connectivity index (χ1n) is 7.01. The van der Waals surface area contributed by atoms with E-state index in [1.165, 1.54) is 6.07 Å². The standard InChI is InChI=1S/C16H18ClFN2O/c1-4-13-16(17)14(20(5-2)19-13)9-15(21)11-7-6-10(3)12(18)8-11/h6-8H,4-5,9H2,1-3H3. The zero-order chi connectivity index (χ0) is 15.6. The zero-order valence-electron chi connectivity index (χ0n) is 12.4. The molecule has 0 bridgehead atoms. The van der Waals surface area contributed by atoms with Crippen molar-refractivity contribution in [2.75, 3.05) is 0 Å². The number of aromatic nitrogens is 2. The summed E-state index contributed by atoms with van der Waals surface area (Å²) in [6, 6.07) is 4.53. The van der Waals surface area contributed by atoms with Crippen LogP contribution in [-0.4, -0.2) is 15.6 Å². The molecule has 1 aromatic carbocycles. The van der Waals surface area contributed by atoms with Crippen LogP contribution in [0.25, 0.3) is 0 Å². The van der Waals surface area contributed by atoms with E-state index in [1.807, 2.05) is 13.8 Å². The molecule has 0 amide bonds. The monoisotopic (exact) mass is 308 g/mol. The van der Waals surface area contributed by atoms with Gasteiger partial charge in [-0.05, 0) is 31.9 Å². The molecule has 0 radical (unpaired) electrons. The summed E-state index contributed by atoms with van der Waals surface area (Å²) in [5, 5.41) is 4.93. The number of nitrogens with zero attached hydrogens (tertiary/aromatic N) is 2. The molecule has 21 heavy (non-hydrogen) atoms. The molecule has 0 spiro atoms. The number of hydrogen-bond donors (Lipinski definition) is 0. The first-order valence-corrected chi connectivity index (χ1v) is 7.39. The first kappa shape index (κ1) is 15.7. The average Bonchev–Trinajstić information content (AvgIpc) is 2.78. The second-order valence-electron chi connectivity index (χ2n) is 4.94. The molecule has 0 aliphatic carbocycles. The molecule has 2 aromatic rings. The number of carbonyl (C=O) groups is 1. The van der Waals surface area contributed by atoms with Gasteiger partial charge in [-0.25, -0.2) is 4.39 Å². The Bertz CT molecular complexity index is 679. The third kappa shape index (κ3) is 3.16. The second-order valence-corrected chi connectivity index (χ2v) is 5.32. The van der Waals surface area contributed by atoms with Crippen molar-refractivity contribution in [1.82, 2.24) is 9.78 Å². The highest BCUT2D eigenvalue weighted by Gasteiger charge is 2.18. The molecule has 2 rings (SSSR count). The van der Waals surface area contributed by atoms with E-state index in [9.17, 15) is 9.18 Å². The molecule has 0 saturated carbocycles. The molecule has 0 aliphatic rings. The fourth-order valence-corrected chi connectivity index (χ4v) is 2.54. The molecule has 112 valence electrons. The van der Waals surface area contributed by atoms with Gasteiger partial charge in [0.2, 0.25) is 0 Å². The summed E-state index contributed by atoms with van der Waals surface area (Å²) >= 11 is 6.29. The van der Waals surface area contributed by atoms with Crippen molar-refractivity contribution < 1.29 is 9.18 Å². The minimum atomic E-state index is -0.370. The van der Waals surface area contributed by atoms with Crippen molar-refractivity contribution in [3.05, 3.63) is 51.6 Å². The second kappa shape index (κ2) is 6.39. The number of Topliss-reactive ketones (excluding diaryl/α,β-unsaturated/α-hetero) is 1. The van der Waals surface area contributed by atoms with Gasteiger partial charge in [0.05, 0.1) is 22.8 Å². The van der Waals surface area contributed by atoms with Gasteiger partial charge in [-0.15, -0.1) is 0 Å². The number of halogens is 2. The van der Waals surface area contributed by atoms with E-state index in [0.29, 0.717) is 34.8 Å². The maximum Gasteiger partial charge on any atom is 0.168 e. The smallest absolute Gasteiger partial charge is 0.168 e. The molecule has 0 atom stereocenters. The average molecular weight is 309 g/mol. The summed E-state index contributed by atoms with van der Waals surface area (Å²) in [6.45, 7) is 6.22. The zero-order valence-corrected chi connectivity index (χ0v) is 13.2. The lowest BCUT2D eigenvalue weighted by Crippen LogP contribution is -2.10. The summed E-state index contributed by atoms with van der Waals surface area (Å²) in [7, 11) is 0. The van der Waals surface area contributed by atoms with Crippen LogP contribution in [-0.2, 0) is 19.4 Å². The molecule has 0 fully saturated rings. The molecule has 0 unspecified atom stereocenters. The van der Waals surface area contributed by atoms with Gasteiger partial charge in [-0.3, -0.25) is 9.48 Å². The highest BCUT2D eigenvalue weighted by Crippen LogP contribution is 2.23. The number of carbonyl (C=O) groups excluding carboxylic acids is 1. The minimum Gasteiger partial charge on any atom is -0.294 e. The Morgan fingerprint density at radius 3 is 2.67 bits per heavy atom. The van der Waals surface area contributed by atoms with Gasteiger partial charge in [-0.1, -0.05) is 30.7 Å². The van der Waals surface area contributed by atoms with Gasteiger partial charge >= 0.3 is 0 Å². The molecular formula is C16H18ClFN2O. The highest BCUT2D eigenvalue weighted by molar-refractivity contribution is 6.32. The Kier molecular flexibility index (Phi) is 4.78. The van der Waals surface area contributed by atoms with Gasteiger partial charge in [0.15, 0.2) is 5.78 Å². The fourth-order valence-electron chi connectivity index (χ4n) is 2.21. The lowest BCUT2D eigenvalue weighted by Gasteiger charge is -2.06. The molecular weight excluding hydrogens is 291 g/mol. The van der Waals surface area contributed by atoms with Crippen molar-refractivity contribution in [3.63, 3.8) is 0 Å². The molecule has 1 heterocycles. The van der Waals surface area contributed by atoms with Crippen LogP contribution in [0.1, 0.15) is 41.2 Å². The summed E-state index contributed by atoms with van der Waals surface area (Å²) in [5.74, 6) is -0.529. The summed E-state index contributed by atoms with van der Waals surface area (Å²) in [4.78, 5) is 12.3. The molecule has 0 saturated heterocycles. The van der Waals surface area contributed by atoms with Crippen LogP contribution in [0.2, 0.25) is 5.02 Å². The number of rotatable bonds is 5. The van der Waals surface area contributed by atoms with Crippen molar-refractivity contribution in [3.8, 4) is 0 Å². The van der Waals surface area contributed by atoms with Crippen LogP contribution in [0.3, 0.4) is 0 Å². The Hall–Kier alpha value is -1.68. The van der Waals surface area contributed by atoms with Crippen LogP contribution in [0, 0.1) is 12.7 Å². The molecule has 1 aromatic heterocycles. The van der Waals surface area contributed by atoms with Crippen LogP contribution >= 0.6 is 11.6 Å². The van der Waals surface area contributed by atoms with Crippen molar-refractivity contribution >= 4 is 17.4 Å². The van der Waals surface area contributed by atoms with E-state index in [-0.39, 0.29) is 18.0 Å². The number of benzene rings is 1. The van der Waals surface area contributed by atoms with Gasteiger partial charge in [0.1, 0.15) is 5.82 Å². The maximum absolute atomic E-state index is 13.6. The van der Waals surface area contributed by atoms with E-state index in [0.717, 1.165) is 5.69 Å². The largest absolute Gasteiger partial charge is 0.294 e. The van der Waals surface area contributed by atoms with Crippen molar-refractivity contribution in [2.24, 2.45) is 0 Å². The summed E-state index contributed by atoms with van der Waals surface area (Å²) in [6.07, 6.45) is 0.842. The van der Waals surface area contributed by atoms with Crippen LogP contribution in [0.5, 0.6) is 0 Å². The highest BCUT2D eigenvalue weighted by atomic mass is 35.5. The normalized spacial score (nSPS) is 10.9. The predicted octanol–water partition coefficient (Wildman–Crippen LogP) is 3.99. The van der Waals surface area contributed by atoms with E-state index in [2.05, 4.69) is 5.10 Å². The third-order valence-corrected chi connectivity index (χ3v) is 3.95. The summed E-state index contributed by atoms with van der Waals surface area (Å²) < 4.78 is 15.3. The Balaban J connectivity index is 2.31. The number of hydrogen-bond acceptors (Lipinski definition) is 2. The van der Waals surface area contributed by atoms with Crippen LogP contribution < -0.4 is 0 Å². The lowest BCUT2D eigenvalue weighted by molar-refractivity contribution is 0.0990. The van der Waals surface area contributed by atoms with E-state index in [1.54, 1.807) is 23.7 Å². The van der Waals surface area contributed by atoms with Gasteiger partial charge < -0.3 is 0 Å². The van der Waals surface area contributed by atoms with Crippen molar-refractivity contribution in [1.29, 1.82) is 0 Å². The molecule has 3 nitrogen and oxygen atoms in total. The van der Waals surface area contributed by atoms with Crippen LogP contribution in [0.4, 0.5) is 4.39 Å². The topological polar surface area (TPSA) is 34.9 Å². The minimum absolute atomic E-state index is 0.127. The van der Waals surface area contributed by atoms with Gasteiger partial charge in [0.25, 0.3) is 0 Å². The quantitative estimate of drug-likeness (QED) is 0.783. The van der Waals surface area contributed by atoms with E-state index >= 15 is 0 Å². The molecule has 5 heteroatoms. The predicted molar refractivity (Wildman–Crippen MR) is 81.5 cm³/mol. The number of ketones is 1. The first-order chi connectivity index (χ1) is 9.97. The molecule has 0 aliphatic heterocycles. The SMILES string of the molecule is CCc1nn(CC)c(CC(=O)c2ccc(C)c(F)c2)c1Cl. The Morgan fingerprint density at radius 2 is 2.10 bits per heavy atom. The van der Waals surface area contributed by atoms with Gasteiger partial charge in [0, 0.05) is 12.1 Å². The van der Waals surface area contributed by atoms with E-state index in [4.69, 9.17) is 11.6 Å². The Labute approximate surface area is 128 Å². The number of aryl methyl sites for hydroxylation is 3. The maximum atomic E-state index is 13.6. The van der Waals surface area contributed by atoms with E-state index < -0.39 is 0 Å². The van der Waals surface area contributed by atoms with Crippen LogP contribution in [0.15, 0.2) is 18.2 Å². The third-order valence-electron chi connectivity index (χ3n) is 3.52.